The Morgan fingerprint density at radius 3 is 2.33 bits per heavy atom. The van der Waals surface area contributed by atoms with E-state index in [1.165, 1.54) is 0 Å². The van der Waals surface area contributed by atoms with Gasteiger partial charge in [-0.05, 0) is 41.8 Å². The molecular formula is C23H23N3O4. The molecule has 1 saturated heterocycles. The van der Waals surface area contributed by atoms with E-state index < -0.39 is 23.7 Å². The predicted octanol–water partition coefficient (Wildman–Crippen LogP) is 2.92. The van der Waals surface area contributed by atoms with Crippen LogP contribution in [0.2, 0.25) is 0 Å². The van der Waals surface area contributed by atoms with E-state index in [0.29, 0.717) is 30.8 Å². The number of aromatic hydroxyl groups is 1. The number of amides is 1. The van der Waals surface area contributed by atoms with Gasteiger partial charge in [-0.15, -0.1) is 0 Å². The van der Waals surface area contributed by atoms with Crippen molar-refractivity contribution in [1.29, 1.82) is 0 Å². The number of carbonyl (C=O) groups excluding carboxylic acids is 2. The summed E-state index contributed by atoms with van der Waals surface area (Å²) in [5, 5.41) is 9.63. The largest absolute Gasteiger partial charge is 0.508 e. The summed E-state index contributed by atoms with van der Waals surface area (Å²) in [6, 6.07) is 13.5. The third-order valence-corrected chi connectivity index (χ3v) is 5.49. The Labute approximate surface area is 174 Å². The second kappa shape index (κ2) is 8.41. The standard InChI is InChI=1S/C23H23N3O4/c1-30-19-9-5-17(6-10-19)21-20(16-3-7-18(27)8-4-16)22(28)23(29)26(21)13-2-12-25-14-11-24-15-25/h3-11,14-15,20-21,27H,2,12-13H2,1H3. The lowest BCUT2D eigenvalue weighted by molar-refractivity contribution is -0.140. The van der Waals surface area contributed by atoms with E-state index in [4.69, 9.17) is 4.74 Å². The molecule has 0 spiro atoms. The molecule has 4 rings (SSSR count). The van der Waals surface area contributed by atoms with E-state index in [9.17, 15) is 14.7 Å². The molecule has 154 valence electrons. The topological polar surface area (TPSA) is 84.7 Å². The molecule has 0 radical (unpaired) electrons. The molecule has 2 aromatic carbocycles. The number of ether oxygens (including phenoxy) is 1. The van der Waals surface area contributed by atoms with Crippen LogP contribution in [0.1, 0.15) is 29.5 Å². The molecule has 7 heteroatoms. The summed E-state index contributed by atoms with van der Waals surface area (Å²) in [5.74, 6) is -0.695. The minimum absolute atomic E-state index is 0.119. The third kappa shape index (κ3) is 3.78. The third-order valence-electron chi connectivity index (χ3n) is 5.49. The monoisotopic (exact) mass is 405 g/mol. The van der Waals surface area contributed by atoms with Crippen LogP contribution < -0.4 is 4.74 Å². The van der Waals surface area contributed by atoms with Crippen molar-refractivity contribution in [3.05, 3.63) is 78.4 Å². The first-order valence-electron chi connectivity index (χ1n) is 9.82. The van der Waals surface area contributed by atoms with Gasteiger partial charge < -0.3 is 19.3 Å². The van der Waals surface area contributed by atoms with Crippen LogP contribution in [-0.4, -0.2) is 44.9 Å². The van der Waals surface area contributed by atoms with E-state index in [0.717, 1.165) is 5.56 Å². The van der Waals surface area contributed by atoms with E-state index in [1.54, 1.807) is 48.8 Å². The van der Waals surface area contributed by atoms with Gasteiger partial charge in [-0.2, -0.15) is 0 Å². The van der Waals surface area contributed by atoms with Crippen LogP contribution in [0.4, 0.5) is 0 Å². The minimum Gasteiger partial charge on any atom is -0.508 e. The van der Waals surface area contributed by atoms with Gasteiger partial charge in [-0.1, -0.05) is 24.3 Å². The van der Waals surface area contributed by atoms with Gasteiger partial charge in [0.25, 0.3) is 5.91 Å². The van der Waals surface area contributed by atoms with Gasteiger partial charge in [0.2, 0.25) is 5.78 Å². The molecule has 0 aliphatic carbocycles. The van der Waals surface area contributed by atoms with Crippen molar-refractivity contribution in [2.75, 3.05) is 13.7 Å². The average molecular weight is 405 g/mol. The molecule has 2 heterocycles. The molecule has 0 bridgehead atoms. The van der Waals surface area contributed by atoms with Gasteiger partial charge in [-0.3, -0.25) is 9.59 Å². The van der Waals surface area contributed by atoms with E-state index in [2.05, 4.69) is 4.98 Å². The highest BCUT2D eigenvalue weighted by Crippen LogP contribution is 2.43. The number of methoxy groups -OCH3 is 1. The molecule has 0 saturated carbocycles. The molecule has 30 heavy (non-hydrogen) atoms. The Hall–Kier alpha value is -3.61. The van der Waals surface area contributed by atoms with Crippen LogP contribution in [0.3, 0.4) is 0 Å². The summed E-state index contributed by atoms with van der Waals surface area (Å²) in [6.45, 7) is 1.16. The number of rotatable bonds is 7. The number of aryl methyl sites for hydroxylation is 1. The first-order chi connectivity index (χ1) is 14.6. The number of imidazole rings is 1. The van der Waals surface area contributed by atoms with Crippen molar-refractivity contribution in [2.24, 2.45) is 0 Å². The van der Waals surface area contributed by atoms with Crippen molar-refractivity contribution in [3.8, 4) is 11.5 Å². The number of benzene rings is 2. The van der Waals surface area contributed by atoms with Gasteiger partial charge in [0.15, 0.2) is 0 Å². The Morgan fingerprint density at radius 1 is 1.00 bits per heavy atom. The number of carbonyl (C=O) groups is 2. The van der Waals surface area contributed by atoms with Gasteiger partial charge in [0.1, 0.15) is 11.5 Å². The normalized spacial score (nSPS) is 18.8. The Balaban J connectivity index is 1.66. The Bertz CT molecular complexity index is 1010. The zero-order valence-corrected chi connectivity index (χ0v) is 16.6. The number of phenolic OH excluding ortho intramolecular Hbond substituents is 1. The molecule has 1 aliphatic heterocycles. The lowest BCUT2D eigenvalue weighted by Gasteiger charge is -2.28. The molecule has 1 N–H and O–H groups in total. The van der Waals surface area contributed by atoms with Crippen molar-refractivity contribution >= 4 is 11.7 Å². The molecule has 3 aromatic rings. The maximum Gasteiger partial charge on any atom is 0.291 e. The fourth-order valence-corrected chi connectivity index (χ4v) is 4.00. The van der Waals surface area contributed by atoms with Crippen LogP contribution in [0.15, 0.2) is 67.3 Å². The Kier molecular flexibility index (Phi) is 5.52. The first-order valence-corrected chi connectivity index (χ1v) is 9.82. The number of ketones is 1. The number of phenols is 1. The van der Waals surface area contributed by atoms with Crippen LogP contribution in [0, 0.1) is 0 Å². The van der Waals surface area contributed by atoms with Gasteiger partial charge in [0, 0.05) is 25.5 Å². The quantitative estimate of drug-likeness (QED) is 0.611. The van der Waals surface area contributed by atoms with E-state index in [-0.39, 0.29) is 5.75 Å². The minimum atomic E-state index is -0.625. The van der Waals surface area contributed by atoms with Gasteiger partial charge in [-0.25, -0.2) is 4.98 Å². The van der Waals surface area contributed by atoms with Crippen LogP contribution in [-0.2, 0) is 16.1 Å². The summed E-state index contributed by atoms with van der Waals surface area (Å²) in [4.78, 5) is 31.6. The zero-order chi connectivity index (χ0) is 21.1. The molecular weight excluding hydrogens is 382 g/mol. The second-order valence-corrected chi connectivity index (χ2v) is 7.30. The van der Waals surface area contributed by atoms with Crippen LogP contribution in [0.5, 0.6) is 11.5 Å². The Morgan fingerprint density at radius 2 is 1.70 bits per heavy atom. The van der Waals surface area contributed by atoms with E-state index in [1.807, 2.05) is 35.0 Å². The van der Waals surface area contributed by atoms with E-state index >= 15 is 0 Å². The van der Waals surface area contributed by atoms with Gasteiger partial charge >= 0.3 is 0 Å². The smallest absolute Gasteiger partial charge is 0.291 e. The maximum absolute atomic E-state index is 13.0. The number of nitrogens with zero attached hydrogens (tertiary/aromatic N) is 3. The fraction of sp³-hybridized carbons (Fsp3) is 0.261. The maximum atomic E-state index is 13.0. The number of Topliss-reactive ketones (excluding diaryl/α,β-unsaturated/α-hetero) is 1. The number of likely N-dealkylation sites (tertiary alicyclic amines) is 1. The fourth-order valence-electron chi connectivity index (χ4n) is 4.00. The van der Waals surface area contributed by atoms with Crippen molar-refractivity contribution in [2.45, 2.75) is 24.9 Å². The van der Waals surface area contributed by atoms with Crippen molar-refractivity contribution in [1.82, 2.24) is 14.5 Å². The number of hydrogen-bond acceptors (Lipinski definition) is 5. The van der Waals surface area contributed by atoms with Crippen LogP contribution >= 0.6 is 0 Å². The lowest BCUT2D eigenvalue weighted by Crippen LogP contribution is -2.31. The van der Waals surface area contributed by atoms with Crippen molar-refractivity contribution in [3.63, 3.8) is 0 Å². The highest BCUT2D eigenvalue weighted by Gasteiger charge is 2.48. The average Bonchev–Trinajstić information content (AvgIpc) is 3.37. The molecule has 1 amide bonds. The predicted molar refractivity (Wildman–Crippen MR) is 110 cm³/mol. The SMILES string of the molecule is COc1ccc(C2C(c3ccc(O)cc3)C(=O)C(=O)N2CCCn2ccnc2)cc1. The molecule has 2 unspecified atom stereocenters. The highest BCUT2D eigenvalue weighted by atomic mass is 16.5. The summed E-state index contributed by atoms with van der Waals surface area (Å²) in [5.41, 5.74) is 1.58. The molecule has 1 fully saturated rings. The first kappa shape index (κ1) is 19.7. The molecule has 7 nitrogen and oxygen atoms in total. The summed E-state index contributed by atoms with van der Waals surface area (Å²) in [6.07, 6.45) is 6.02. The molecule has 2 atom stereocenters. The summed E-state index contributed by atoms with van der Waals surface area (Å²) >= 11 is 0. The lowest BCUT2D eigenvalue weighted by atomic mass is 9.86. The summed E-state index contributed by atoms with van der Waals surface area (Å²) < 4.78 is 7.19. The molecule has 1 aromatic heterocycles. The number of hydrogen-bond donors (Lipinski definition) is 1. The molecule has 1 aliphatic rings. The zero-order valence-electron chi connectivity index (χ0n) is 16.6. The number of aromatic nitrogens is 2. The van der Waals surface area contributed by atoms with Gasteiger partial charge in [0.05, 0.1) is 25.4 Å². The summed E-state index contributed by atoms with van der Waals surface area (Å²) in [7, 11) is 1.60. The second-order valence-electron chi connectivity index (χ2n) is 7.30. The van der Waals surface area contributed by atoms with Crippen LogP contribution in [0.25, 0.3) is 0 Å². The van der Waals surface area contributed by atoms with Crippen molar-refractivity contribution < 1.29 is 19.4 Å². The highest BCUT2D eigenvalue weighted by molar-refractivity contribution is 6.40.